The van der Waals surface area contributed by atoms with E-state index in [1.165, 1.54) is 36.6 Å². The number of amides is 12. The molecule has 10 heterocycles. The first-order chi connectivity index (χ1) is 69.9. The van der Waals surface area contributed by atoms with Crippen LogP contribution in [0.3, 0.4) is 0 Å². The Hall–Kier alpha value is -13.0. The van der Waals surface area contributed by atoms with Crippen molar-refractivity contribution in [1.82, 2.24) is 81.2 Å². The lowest BCUT2D eigenvalue weighted by Crippen LogP contribution is -2.57. The second-order valence-electron chi connectivity index (χ2n) is 40.9. The van der Waals surface area contributed by atoms with E-state index >= 15 is 0 Å². The van der Waals surface area contributed by atoms with Gasteiger partial charge in [0.05, 0.1) is 88.7 Å². The van der Waals surface area contributed by atoms with Crippen molar-refractivity contribution in [2.75, 3.05) is 26.2 Å². The van der Waals surface area contributed by atoms with Crippen LogP contribution in [0.25, 0.3) is 47.8 Å². The molecule has 10 N–H and O–H groups in total. The highest BCUT2D eigenvalue weighted by Crippen LogP contribution is 2.38. The summed E-state index contributed by atoms with van der Waals surface area (Å²) in [4.78, 5) is 188. The van der Waals surface area contributed by atoms with Gasteiger partial charge in [0, 0.05) is 115 Å². The Labute approximate surface area is 872 Å². The second-order valence-corrected chi connectivity index (χ2v) is 44.3. The summed E-state index contributed by atoms with van der Waals surface area (Å²) in [6.07, 6.45) is 0.369. The van der Waals surface area contributed by atoms with E-state index in [-0.39, 0.29) is 154 Å². The number of aryl methyl sites for hydroxylation is 3. The normalized spacial score (nSPS) is 19.2. The molecule has 6 aromatic carbocycles. The van der Waals surface area contributed by atoms with Gasteiger partial charge in [-0.05, 0) is 130 Å². The van der Waals surface area contributed by atoms with Gasteiger partial charge < -0.3 is 81.7 Å². The van der Waals surface area contributed by atoms with Crippen molar-refractivity contribution in [2.45, 2.75) is 261 Å². The molecule has 32 nitrogen and oxygen atoms in total. The number of halogens is 1. The molecule has 37 heteroatoms. The SMILES string of the molecule is C=Cc1ncsc1-c1ccc(CNC(=O)[C@@H]2C[C@@H](O)CN2C(=O)[C@H](C(C)C)N2Cc3ccccc3C2=O)cc1.CCC(=O)N[C@H](C(=O)N1C[C@H](O)C[C@H]1C(=O)NCc1ccc(-c2scnc2C)cc1)C(C)(C)C.CCCC(=O)N[C@H](C(=O)N1C[C@H](O)C[C@H]1C(=O)NCc1ccc(-c2scnc2C)cc1)C(C)(C)C.Cc1ncsc1-c1ccc(CNC(=O)[C@@H]2C[C@@H](O)CN2C(=O)[C@H](C(C)C)N2Cc3ccc(F)cc3C2=O)cc1. The van der Waals surface area contributed by atoms with Crippen molar-refractivity contribution in [3.63, 3.8) is 0 Å². The Morgan fingerprint density at radius 2 is 0.741 bits per heavy atom. The average Bonchev–Trinajstić information content (AvgIpc) is 1.62. The van der Waals surface area contributed by atoms with Gasteiger partial charge in [0.25, 0.3) is 11.8 Å². The van der Waals surface area contributed by atoms with Crippen molar-refractivity contribution in [1.29, 1.82) is 0 Å². The molecular weight excluding hydrogens is 1950 g/mol. The molecular formula is C110H133FN16O16S4. The molecule has 6 aliphatic rings. The van der Waals surface area contributed by atoms with Crippen LogP contribution in [0.1, 0.15) is 205 Å². The summed E-state index contributed by atoms with van der Waals surface area (Å²) in [5.41, 5.74) is 20.2. The maximum atomic E-state index is 13.8. The smallest absolute Gasteiger partial charge is 0.255 e. The topological polar surface area (TPSA) is 429 Å². The highest BCUT2D eigenvalue weighted by atomic mass is 32.1. The van der Waals surface area contributed by atoms with Crippen LogP contribution in [-0.2, 0) is 87.2 Å². The predicted octanol–water partition coefficient (Wildman–Crippen LogP) is 12.9. The highest BCUT2D eigenvalue weighted by molar-refractivity contribution is 7.14. The van der Waals surface area contributed by atoms with Gasteiger partial charge in [-0.15, -0.1) is 45.3 Å². The first-order valence-electron chi connectivity index (χ1n) is 49.7. The Kier molecular flexibility index (Phi) is 37.2. The lowest BCUT2D eigenvalue weighted by atomic mass is 9.85. The zero-order valence-electron chi connectivity index (χ0n) is 85.6. The number of nitrogens with zero attached hydrogens (tertiary/aromatic N) is 10. The van der Waals surface area contributed by atoms with E-state index in [1.54, 1.807) is 80.9 Å². The Balaban J connectivity index is 0.000000164. The molecule has 0 spiro atoms. The third-order valence-electron chi connectivity index (χ3n) is 27.0. The number of aromatic nitrogens is 4. The Morgan fingerprint density at radius 3 is 1.05 bits per heavy atom. The second kappa shape index (κ2) is 49.2. The lowest BCUT2D eigenvalue weighted by Gasteiger charge is -2.35. The Bertz CT molecular complexity index is 6390. The molecule has 10 aromatic rings. The van der Waals surface area contributed by atoms with E-state index in [2.05, 4.69) is 58.4 Å². The van der Waals surface area contributed by atoms with Crippen LogP contribution in [0.5, 0.6) is 0 Å². The first kappa shape index (κ1) is 111. The number of β-amino-alcohol motifs (C(OH)–C–C–N with tert-alkyl or cyclic N) is 4. The minimum absolute atomic E-state index is 0.00659. The summed E-state index contributed by atoms with van der Waals surface area (Å²) in [6.45, 7) is 33.9. The summed E-state index contributed by atoms with van der Waals surface area (Å²) in [5.74, 6) is -4.67. The van der Waals surface area contributed by atoms with Crippen molar-refractivity contribution in [3.05, 3.63) is 241 Å². The van der Waals surface area contributed by atoms with Crippen molar-refractivity contribution < 1.29 is 82.4 Å². The first-order valence-corrected chi connectivity index (χ1v) is 53.2. The fourth-order valence-electron chi connectivity index (χ4n) is 19.2. The van der Waals surface area contributed by atoms with Gasteiger partial charge >= 0.3 is 0 Å². The van der Waals surface area contributed by atoms with Crippen LogP contribution in [-0.4, -0.2) is 240 Å². The number of benzene rings is 6. The number of likely N-dealkylation sites (tertiary alicyclic amines) is 4. The minimum atomic E-state index is -0.856. The van der Waals surface area contributed by atoms with Gasteiger partial charge in [-0.1, -0.05) is 211 Å². The summed E-state index contributed by atoms with van der Waals surface area (Å²) in [7, 11) is 0. The van der Waals surface area contributed by atoms with Gasteiger partial charge in [0.2, 0.25) is 59.1 Å². The summed E-state index contributed by atoms with van der Waals surface area (Å²) < 4.78 is 13.8. The predicted molar refractivity (Wildman–Crippen MR) is 564 cm³/mol. The van der Waals surface area contributed by atoms with E-state index in [0.717, 1.165) is 92.4 Å². The van der Waals surface area contributed by atoms with E-state index in [1.807, 2.05) is 229 Å². The number of aliphatic hydroxyl groups is 4. The maximum Gasteiger partial charge on any atom is 0.255 e. The number of hydrogen-bond acceptors (Lipinski definition) is 24. The molecule has 147 heavy (non-hydrogen) atoms. The van der Waals surface area contributed by atoms with Crippen LogP contribution < -0.4 is 31.9 Å². The molecule has 0 unspecified atom stereocenters. The number of hydrogen-bond donors (Lipinski definition) is 10. The van der Waals surface area contributed by atoms with E-state index < -0.39 is 101 Å². The average molecular weight is 2080 g/mol. The molecule has 4 saturated heterocycles. The fourth-order valence-corrected chi connectivity index (χ4v) is 22.4. The van der Waals surface area contributed by atoms with E-state index in [0.29, 0.717) is 43.6 Å². The monoisotopic (exact) mass is 2080 g/mol. The number of nitrogens with one attached hydrogen (secondary N) is 6. The number of rotatable bonds is 30. The lowest BCUT2D eigenvalue weighted by molar-refractivity contribution is -0.144. The molecule has 12 amide bonds. The van der Waals surface area contributed by atoms with Crippen molar-refractivity contribution in [2.24, 2.45) is 22.7 Å². The minimum Gasteiger partial charge on any atom is -0.391 e. The number of carbonyl (C=O) groups excluding carboxylic acids is 12. The van der Waals surface area contributed by atoms with Crippen molar-refractivity contribution in [3.8, 4) is 41.8 Å². The molecule has 0 saturated carbocycles. The third kappa shape index (κ3) is 27.1. The number of carbonyl (C=O) groups is 12. The molecule has 0 bridgehead atoms. The number of thiazole rings is 4. The molecule has 4 fully saturated rings. The van der Waals surface area contributed by atoms with Gasteiger partial charge in [0.15, 0.2) is 0 Å². The number of aliphatic hydroxyl groups excluding tert-OH is 4. The largest absolute Gasteiger partial charge is 0.391 e. The molecule has 16 rings (SSSR count). The molecule has 0 aliphatic carbocycles. The zero-order valence-corrected chi connectivity index (χ0v) is 88.9. The van der Waals surface area contributed by atoms with Crippen molar-refractivity contribution >= 4 is 122 Å². The van der Waals surface area contributed by atoms with Crippen LogP contribution in [0, 0.1) is 49.3 Å². The van der Waals surface area contributed by atoms with Gasteiger partial charge in [0.1, 0.15) is 54.2 Å². The van der Waals surface area contributed by atoms with E-state index in [4.69, 9.17) is 0 Å². The van der Waals surface area contributed by atoms with Crippen LogP contribution >= 0.6 is 45.3 Å². The summed E-state index contributed by atoms with van der Waals surface area (Å²) in [6, 6.07) is 36.6. The standard InChI is InChI=1S/C30H32N4O4S.C29H31FN4O4S.C26H36N4O4S.C25H34N4O4S/c1-4-24-27(39-17-32-24)20-11-9-19(10-12-20)14-31-28(36)25-13-22(35)16-33(25)30(38)26(18(2)3)34-15-21-7-5-6-8-23(21)29(34)37;1-16(2)25(34-13-20-8-9-21(30)10-23(20)28(34)37)29(38)33-14-22(35)11-24(33)27(36)31-12-18-4-6-19(7-5-18)26-17(3)32-15-39-26;1-6-7-21(32)29-23(26(3,4)5)25(34)30-14-19(31)12-20(30)24(33)27-13-17-8-10-18(11-9-17)22-16(2)28-15-35-22;1-6-20(31)28-22(25(3,4)5)24(33)29-13-18(30)11-19(29)23(32)26-12-16-7-9-17(10-8-16)21-15(2)27-14-34-21/h4-12,17-18,22,25-26,35H,1,13-16H2,2-3H3,(H,31,36);4-10,15-16,22,24-25,35H,11-14H2,1-3H3,(H,31,36);8-11,15,19-20,23,31H,6-7,12-14H2,1-5H3,(H,27,33)(H,29,32);7-10,14,18-19,22,30H,6,11-13H2,1-5H3,(H,26,32)(H,28,31)/t22-,25+,26+;22-,24+,25+;19-,20+,23-;18-,19+,22-/m1111/s1. The van der Waals surface area contributed by atoms with Gasteiger partial charge in [-0.2, -0.15) is 0 Å². The van der Waals surface area contributed by atoms with Crippen LogP contribution in [0.4, 0.5) is 4.39 Å². The molecule has 780 valence electrons. The van der Waals surface area contributed by atoms with Gasteiger partial charge in [-0.25, -0.2) is 24.3 Å². The van der Waals surface area contributed by atoms with E-state index in [9.17, 15) is 82.4 Å². The van der Waals surface area contributed by atoms with Crippen LogP contribution in [0.15, 0.2) is 168 Å². The summed E-state index contributed by atoms with van der Waals surface area (Å²) >= 11 is 6.29. The molecule has 12 atom stereocenters. The summed E-state index contributed by atoms with van der Waals surface area (Å²) in [5, 5.41) is 58.6. The highest BCUT2D eigenvalue weighted by Gasteiger charge is 2.51. The number of fused-ring (bicyclic) bond motifs is 2. The molecule has 6 aliphatic heterocycles. The molecule has 0 radical (unpaired) electrons. The fraction of sp³-hybridized carbons (Fsp3) is 0.436. The van der Waals surface area contributed by atoms with Crippen LogP contribution in [0.2, 0.25) is 0 Å². The van der Waals surface area contributed by atoms with Gasteiger partial charge in [-0.3, -0.25) is 57.5 Å². The Morgan fingerprint density at radius 1 is 0.429 bits per heavy atom. The zero-order chi connectivity index (χ0) is 106. The maximum absolute atomic E-state index is 13.8. The quantitative estimate of drug-likeness (QED) is 0.0200. The third-order valence-corrected chi connectivity index (χ3v) is 30.9. The molecule has 4 aromatic heterocycles.